The summed E-state index contributed by atoms with van der Waals surface area (Å²) in [5, 5.41) is 5.54. The van der Waals surface area contributed by atoms with Gasteiger partial charge in [0.15, 0.2) is 5.52 Å². The SMILES string of the molecule is COc1ncc(I)c2cn(COCC[Si](C)(C)C)nc12. The number of pyridine rings is 1. The average molecular weight is 405 g/mol. The first kappa shape index (κ1) is 15.7. The smallest absolute Gasteiger partial charge is 0.242 e. The Balaban J connectivity index is 2.06. The van der Waals surface area contributed by atoms with E-state index in [2.05, 4.69) is 52.3 Å². The van der Waals surface area contributed by atoms with Crippen LogP contribution in [0, 0.1) is 3.57 Å². The number of aromatic nitrogens is 3. The molecule has 0 aliphatic rings. The summed E-state index contributed by atoms with van der Waals surface area (Å²) < 4.78 is 13.8. The molecule has 0 N–H and O–H groups in total. The number of fused-ring (bicyclic) bond motifs is 1. The second-order valence-electron chi connectivity index (χ2n) is 5.89. The van der Waals surface area contributed by atoms with Crippen molar-refractivity contribution >= 4 is 41.6 Å². The highest BCUT2D eigenvalue weighted by Crippen LogP contribution is 2.25. The van der Waals surface area contributed by atoms with Gasteiger partial charge in [0.1, 0.15) is 6.73 Å². The van der Waals surface area contributed by atoms with Crippen molar-refractivity contribution in [3.8, 4) is 5.88 Å². The molecule has 5 nitrogen and oxygen atoms in total. The lowest BCUT2D eigenvalue weighted by Crippen LogP contribution is -2.22. The van der Waals surface area contributed by atoms with E-state index in [4.69, 9.17) is 9.47 Å². The monoisotopic (exact) mass is 405 g/mol. The van der Waals surface area contributed by atoms with Crippen LogP contribution in [0.3, 0.4) is 0 Å². The molecule has 0 spiro atoms. The number of nitrogens with zero attached hydrogens (tertiary/aromatic N) is 3. The summed E-state index contributed by atoms with van der Waals surface area (Å²) in [7, 11) is 0.572. The van der Waals surface area contributed by atoms with E-state index >= 15 is 0 Å². The third-order valence-corrected chi connectivity index (χ3v) is 5.49. The quantitative estimate of drug-likeness (QED) is 0.420. The molecule has 0 saturated carbocycles. The van der Waals surface area contributed by atoms with E-state index in [1.54, 1.807) is 18.0 Å². The van der Waals surface area contributed by atoms with E-state index in [0.29, 0.717) is 12.6 Å². The first-order chi connectivity index (χ1) is 9.40. The molecule has 0 aromatic carbocycles. The van der Waals surface area contributed by atoms with E-state index in [1.165, 1.54) is 0 Å². The van der Waals surface area contributed by atoms with Gasteiger partial charge in [-0.25, -0.2) is 9.67 Å². The Hall–Kier alpha value is -0.673. The number of methoxy groups -OCH3 is 1. The second-order valence-corrected chi connectivity index (χ2v) is 12.7. The predicted octanol–water partition coefficient (Wildman–Crippen LogP) is 3.36. The van der Waals surface area contributed by atoms with Crippen LogP contribution in [-0.4, -0.2) is 36.6 Å². The zero-order chi connectivity index (χ0) is 14.8. The van der Waals surface area contributed by atoms with Crippen LogP contribution >= 0.6 is 22.6 Å². The van der Waals surface area contributed by atoms with Crippen molar-refractivity contribution in [3.63, 3.8) is 0 Å². The lowest BCUT2D eigenvalue weighted by molar-refractivity contribution is 0.0790. The van der Waals surface area contributed by atoms with Crippen LogP contribution in [0.4, 0.5) is 0 Å². The zero-order valence-electron chi connectivity index (χ0n) is 12.3. The van der Waals surface area contributed by atoms with Crippen LogP contribution in [0.1, 0.15) is 0 Å². The number of hydrogen-bond acceptors (Lipinski definition) is 4. The van der Waals surface area contributed by atoms with Gasteiger partial charge in [0.05, 0.1) is 7.11 Å². The van der Waals surface area contributed by atoms with Crippen molar-refractivity contribution < 1.29 is 9.47 Å². The molecule has 0 atom stereocenters. The Morgan fingerprint density at radius 2 is 2.10 bits per heavy atom. The number of ether oxygens (including phenoxy) is 2. The molecule has 0 radical (unpaired) electrons. The third kappa shape index (κ3) is 3.92. The van der Waals surface area contributed by atoms with Crippen LogP contribution in [-0.2, 0) is 11.5 Å². The predicted molar refractivity (Wildman–Crippen MR) is 90.9 cm³/mol. The van der Waals surface area contributed by atoms with Crippen molar-refractivity contribution in [1.29, 1.82) is 0 Å². The molecule has 20 heavy (non-hydrogen) atoms. The van der Waals surface area contributed by atoms with Crippen molar-refractivity contribution in [3.05, 3.63) is 16.0 Å². The number of hydrogen-bond donors (Lipinski definition) is 0. The van der Waals surface area contributed by atoms with Gasteiger partial charge >= 0.3 is 0 Å². The van der Waals surface area contributed by atoms with E-state index in [9.17, 15) is 0 Å². The highest BCUT2D eigenvalue weighted by atomic mass is 127. The average Bonchev–Trinajstić information content (AvgIpc) is 2.79. The van der Waals surface area contributed by atoms with Crippen LogP contribution in [0.25, 0.3) is 10.9 Å². The molecule has 2 aromatic heterocycles. The standard InChI is InChI=1S/C13H20IN3O2Si/c1-18-13-12-10(11(14)7-15-13)8-17(16-12)9-19-5-6-20(2,3)4/h7-8H,5-6,9H2,1-4H3. The molecule has 0 amide bonds. The molecule has 0 fully saturated rings. The van der Waals surface area contributed by atoms with E-state index in [1.807, 2.05) is 6.20 Å². The molecule has 0 aliphatic carbocycles. The molecule has 2 rings (SSSR count). The highest BCUT2D eigenvalue weighted by molar-refractivity contribution is 14.1. The van der Waals surface area contributed by atoms with Gasteiger partial charge in [0, 0.05) is 36.0 Å². The molecule has 110 valence electrons. The highest BCUT2D eigenvalue weighted by Gasteiger charge is 2.13. The molecule has 0 unspecified atom stereocenters. The van der Waals surface area contributed by atoms with Gasteiger partial charge in [0.25, 0.3) is 0 Å². The summed E-state index contributed by atoms with van der Waals surface area (Å²) in [5.74, 6) is 0.557. The minimum Gasteiger partial charge on any atom is -0.479 e. The molecule has 7 heteroatoms. The minimum atomic E-state index is -1.04. The van der Waals surface area contributed by atoms with Crippen LogP contribution in [0.5, 0.6) is 5.88 Å². The van der Waals surface area contributed by atoms with E-state index in [0.717, 1.165) is 27.1 Å². The van der Waals surface area contributed by atoms with Gasteiger partial charge in [-0.15, -0.1) is 0 Å². The fourth-order valence-electron chi connectivity index (χ4n) is 1.75. The Kier molecular flexibility index (Phi) is 5.03. The van der Waals surface area contributed by atoms with Gasteiger partial charge in [0.2, 0.25) is 5.88 Å². The molecule has 2 aromatic rings. The topological polar surface area (TPSA) is 49.2 Å². The zero-order valence-corrected chi connectivity index (χ0v) is 15.5. The number of halogens is 1. The molecule has 0 bridgehead atoms. The summed E-state index contributed by atoms with van der Waals surface area (Å²) >= 11 is 2.25. The molecule has 2 heterocycles. The Labute approximate surface area is 133 Å². The molecular weight excluding hydrogens is 385 g/mol. The normalized spacial score (nSPS) is 12.1. The van der Waals surface area contributed by atoms with Crippen molar-refractivity contribution in [1.82, 2.24) is 14.8 Å². The maximum absolute atomic E-state index is 5.71. The summed E-state index contributed by atoms with van der Waals surface area (Å²) in [4.78, 5) is 4.23. The van der Waals surface area contributed by atoms with Gasteiger partial charge in [-0.3, -0.25) is 0 Å². The third-order valence-electron chi connectivity index (χ3n) is 2.93. The largest absolute Gasteiger partial charge is 0.479 e. The molecule has 0 saturated heterocycles. The van der Waals surface area contributed by atoms with Crippen LogP contribution < -0.4 is 4.74 Å². The minimum absolute atomic E-state index is 0.471. The first-order valence-electron chi connectivity index (χ1n) is 6.54. The number of rotatable bonds is 6. The summed E-state index contributed by atoms with van der Waals surface area (Å²) in [6, 6.07) is 1.16. The van der Waals surface area contributed by atoms with Crippen LogP contribution in [0.2, 0.25) is 25.7 Å². The van der Waals surface area contributed by atoms with Gasteiger partial charge in [-0.2, -0.15) is 5.10 Å². The summed E-state index contributed by atoms with van der Waals surface area (Å²) in [6.45, 7) is 8.29. The van der Waals surface area contributed by atoms with Crippen molar-refractivity contribution in [2.24, 2.45) is 0 Å². The first-order valence-corrected chi connectivity index (χ1v) is 11.3. The summed E-state index contributed by atoms with van der Waals surface area (Å²) in [6.07, 6.45) is 3.77. The molecule has 0 aliphatic heterocycles. The fraction of sp³-hybridized carbons (Fsp3) is 0.538. The van der Waals surface area contributed by atoms with Gasteiger partial charge < -0.3 is 9.47 Å². The lowest BCUT2D eigenvalue weighted by atomic mass is 10.3. The van der Waals surface area contributed by atoms with E-state index in [-0.39, 0.29) is 0 Å². The fourth-order valence-corrected chi connectivity index (χ4v) is 3.04. The van der Waals surface area contributed by atoms with Gasteiger partial charge in [-0.1, -0.05) is 19.6 Å². The summed E-state index contributed by atoms with van der Waals surface area (Å²) in [5.41, 5.74) is 0.785. The van der Waals surface area contributed by atoms with Crippen LogP contribution in [0.15, 0.2) is 12.4 Å². The maximum atomic E-state index is 5.71. The van der Waals surface area contributed by atoms with Crippen molar-refractivity contribution in [2.45, 2.75) is 32.4 Å². The Morgan fingerprint density at radius 3 is 2.75 bits per heavy atom. The molecular formula is C13H20IN3O2Si. The maximum Gasteiger partial charge on any atom is 0.242 e. The Bertz CT molecular complexity index is 595. The second kappa shape index (κ2) is 6.40. The van der Waals surface area contributed by atoms with E-state index < -0.39 is 8.07 Å². The van der Waals surface area contributed by atoms with Crippen molar-refractivity contribution in [2.75, 3.05) is 13.7 Å². The van der Waals surface area contributed by atoms with Gasteiger partial charge in [-0.05, 0) is 28.6 Å². The lowest BCUT2D eigenvalue weighted by Gasteiger charge is -2.15. The Morgan fingerprint density at radius 1 is 1.35 bits per heavy atom.